The number of sulfonamides is 1. The normalized spacial score (nSPS) is 17.4. The molecule has 1 aromatic heterocycles. The van der Waals surface area contributed by atoms with Gasteiger partial charge in [-0.15, -0.1) is 0 Å². The van der Waals surface area contributed by atoms with E-state index in [0.717, 1.165) is 0 Å². The van der Waals surface area contributed by atoms with Crippen molar-refractivity contribution in [1.29, 1.82) is 0 Å². The molecule has 2 N–H and O–H groups in total. The summed E-state index contributed by atoms with van der Waals surface area (Å²) in [5.74, 6) is -0.209. The van der Waals surface area contributed by atoms with Gasteiger partial charge in [0.15, 0.2) is 0 Å². The van der Waals surface area contributed by atoms with Crippen LogP contribution in [0.3, 0.4) is 0 Å². The third-order valence-corrected chi connectivity index (χ3v) is 4.38. The largest absolute Gasteiger partial charge is 0.398 e. The summed E-state index contributed by atoms with van der Waals surface area (Å²) in [7, 11) is -3.19. The predicted octanol–water partition coefficient (Wildman–Crippen LogP) is -0.619. The SMILES string of the molecule is CS(=O)(=O)N1CCN(C(=O)c2cnccc2N)CC1. The number of nitrogen functional groups attached to an aromatic ring is 1. The third kappa shape index (κ3) is 3.02. The molecule has 1 aromatic rings. The molecule has 2 rings (SSSR count). The van der Waals surface area contributed by atoms with Crippen LogP contribution in [-0.4, -0.2) is 60.9 Å². The highest BCUT2D eigenvalue weighted by molar-refractivity contribution is 7.88. The fourth-order valence-electron chi connectivity index (χ4n) is 1.98. The summed E-state index contributed by atoms with van der Waals surface area (Å²) >= 11 is 0. The molecule has 0 bridgehead atoms. The van der Waals surface area contributed by atoms with E-state index in [9.17, 15) is 13.2 Å². The van der Waals surface area contributed by atoms with E-state index >= 15 is 0 Å². The van der Waals surface area contributed by atoms with Crippen LogP contribution >= 0.6 is 0 Å². The molecule has 1 saturated heterocycles. The fraction of sp³-hybridized carbons (Fsp3) is 0.455. The maximum absolute atomic E-state index is 12.2. The minimum absolute atomic E-state index is 0.209. The van der Waals surface area contributed by atoms with Crippen LogP contribution in [0.2, 0.25) is 0 Å². The van der Waals surface area contributed by atoms with Crippen LogP contribution in [0.4, 0.5) is 5.69 Å². The number of pyridine rings is 1. The van der Waals surface area contributed by atoms with Crippen molar-refractivity contribution < 1.29 is 13.2 Å². The second kappa shape index (κ2) is 5.14. The Kier molecular flexibility index (Phi) is 3.72. The number of hydrogen-bond acceptors (Lipinski definition) is 5. The van der Waals surface area contributed by atoms with Crippen LogP contribution in [0.25, 0.3) is 0 Å². The Balaban J connectivity index is 2.07. The van der Waals surface area contributed by atoms with E-state index in [4.69, 9.17) is 5.73 Å². The summed E-state index contributed by atoms with van der Waals surface area (Å²) in [6.07, 6.45) is 4.12. The van der Waals surface area contributed by atoms with Gasteiger partial charge in [-0.3, -0.25) is 9.78 Å². The van der Waals surface area contributed by atoms with Crippen molar-refractivity contribution in [3.63, 3.8) is 0 Å². The zero-order valence-corrected chi connectivity index (χ0v) is 11.4. The quantitative estimate of drug-likeness (QED) is 0.781. The maximum Gasteiger partial charge on any atom is 0.257 e. The van der Waals surface area contributed by atoms with Gasteiger partial charge in [0.1, 0.15) is 0 Å². The number of carbonyl (C=O) groups excluding carboxylic acids is 1. The van der Waals surface area contributed by atoms with Gasteiger partial charge >= 0.3 is 0 Å². The van der Waals surface area contributed by atoms with Crippen LogP contribution < -0.4 is 5.73 Å². The Morgan fingerprint density at radius 1 is 1.32 bits per heavy atom. The van der Waals surface area contributed by atoms with Gasteiger partial charge in [0.05, 0.1) is 11.8 Å². The van der Waals surface area contributed by atoms with Gasteiger partial charge in [-0.1, -0.05) is 0 Å². The van der Waals surface area contributed by atoms with Crippen LogP contribution in [0.15, 0.2) is 18.5 Å². The van der Waals surface area contributed by atoms with Crippen molar-refractivity contribution in [2.45, 2.75) is 0 Å². The van der Waals surface area contributed by atoms with Crippen LogP contribution in [-0.2, 0) is 10.0 Å². The number of carbonyl (C=O) groups is 1. The number of hydrogen-bond donors (Lipinski definition) is 1. The lowest BCUT2D eigenvalue weighted by molar-refractivity contribution is 0.0699. The minimum Gasteiger partial charge on any atom is -0.398 e. The van der Waals surface area contributed by atoms with Crippen molar-refractivity contribution >= 4 is 21.6 Å². The number of rotatable bonds is 2. The molecule has 0 aromatic carbocycles. The molecule has 104 valence electrons. The van der Waals surface area contributed by atoms with Crippen molar-refractivity contribution in [3.05, 3.63) is 24.0 Å². The smallest absolute Gasteiger partial charge is 0.257 e. The van der Waals surface area contributed by atoms with E-state index in [-0.39, 0.29) is 5.91 Å². The molecule has 0 radical (unpaired) electrons. The van der Waals surface area contributed by atoms with E-state index in [1.165, 1.54) is 23.0 Å². The molecule has 1 fully saturated rings. The summed E-state index contributed by atoms with van der Waals surface area (Å²) in [5, 5.41) is 0. The summed E-state index contributed by atoms with van der Waals surface area (Å²) in [6.45, 7) is 1.34. The molecular formula is C11H16N4O3S. The van der Waals surface area contributed by atoms with Crippen LogP contribution in [0.1, 0.15) is 10.4 Å². The molecule has 8 heteroatoms. The Hall–Kier alpha value is -1.67. The molecule has 1 amide bonds. The molecule has 1 aliphatic heterocycles. The molecule has 0 unspecified atom stereocenters. The number of aromatic nitrogens is 1. The number of piperazine rings is 1. The number of nitrogens with zero attached hydrogens (tertiary/aromatic N) is 3. The highest BCUT2D eigenvalue weighted by Crippen LogP contribution is 2.14. The van der Waals surface area contributed by atoms with Gasteiger partial charge in [0.25, 0.3) is 5.91 Å². The summed E-state index contributed by atoms with van der Waals surface area (Å²) in [6, 6.07) is 1.57. The second-order valence-electron chi connectivity index (χ2n) is 4.42. The lowest BCUT2D eigenvalue weighted by Crippen LogP contribution is -2.50. The number of amides is 1. The summed E-state index contributed by atoms with van der Waals surface area (Å²) in [4.78, 5) is 17.7. The van der Waals surface area contributed by atoms with Crippen molar-refractivity contribution in [1.82, 2.24) is 14.2 Å². The monoisotopic (exact) mass is 284 g/mol. The van der Waals surface area contributed by atoms with Crippen molar-refractivity contribution in [3.8, 4) is 0 Å². The Labute approximate surface area is 112 Å². The van der Waals surface area contributed by atoms with Crippen LogP contribution in [0, 0.1) is 0 Å². The molecule has 2 heterocycles. The number of anilines is 1. The molecule has 1 aliphatic rings. The van der Waals surface area contributed by atoms with E-state index < -0.39 is 10.0 Å². The first-order valence-corrected chi connectivity index (χ1v) is 7.68. The summed E-state index contributed by atoms with van der Waals surface area (Å²) in [5.41, 5.74) is 6.47. The first-order chi connectivity index (χ1) is 8.89. The fourth-order valence-corrected chi connectivity index (χ4v) is 2.80. The third-order valence-electron chi connectivity index (χ3n) is 3.08. The Bertz CT molecular complexity index is 579. The Morgan fingerprint density at radius 3 is 2.47 bits per heavy atom. The van der Waals surface area contributed by atoms with Crippen molar-refractivity contribution in [2.75, 3.05) is 38.2 Å². The molecule has 0 spiro atoms. The van der Waals surface area contributed by atoms with E-state index in [1.807, 2.05) is 0 Å². The number of nitrogens with two attached hydrogens (primary N) is 1. The predicted molar refractivity (Wildman–Crippen MR) is 71.0 cm³/mol. The molecular weight excluding hydrogens is 268 g/mol. The molecule has 0 saturated carbocycles. The molecule has 0 aliphatic carbocycles. The Morgan fingerprint density at radius 2 is 1.95 bits per heavy atom. The first-order valence-electron chi connectivity index (χ1n) is 5.83. The van der Waals surface area contributed by atoms with Gasteiger partial charge in [-0.25, -0.2) is 8.42 Å². The standard InChI is InChI=1S/C11H16N4O3S/c1-19(17,18)15-6-4-14(5-7-15)11(16)9-8-13-3-2-10(9)12/h2-3,8H,4-7H2,1H3,(H2,12,13). The zero-order chi connectivity index (χ0) is 14.0. The zero-order valence-electron chi connectivity index (χ0n) is 10.6. The lowest BCUT2D eigenvalue weighted by Gasteiger charge is -2.33. The average molecular weight is 284 g/mol. The van der Waals surface area contributed by atoms with Gasteiger partial charge in [0, 0.05) is 44.3 Å². The van der Waals surface area contributed by atoms with E-state index in [0.29, 0.717) is 37.4 Å². The van der Waals surface area contributed by atoms with E-state index in [1.54, 1.807) is 11.0 Å². The average Bonchev–Trinajstić information content (AvgIpc) is 2.38. The van der Waals surface area contributed by atoms with E-state index in [2.05, 4.69) is 4.98 Å². The van der Waals surface area contributed by atoms with Gasteiger partial charge in [-0.05, 0) is 6.07 Å². The van der Waals surface area contributed by atoms with Crippen molar-refractivity contribution in [2.24, 2.45) is 0 Å². The second-order valence-corrected chi connectivity index (χ2v) is 6.40. The van der Waals surface area contributed by atoms with Gasteiger partial charge < -0.3 is 10.6 Å². The highest BCUT2D eigenvalue weighted by Gasteiger charge is 2.27. The maximum atomic E-state index is 12.2. The lowest BCUT2D eigenvalue weighted by atomic mass is 10.2. The summed E-state index contributed by atoms with van der Waals surface area (Å²) < 4.78 is 24.1. The molecule has 19 heavy (non-hydrogen) atoms. The topological polar surface area (TPSA) is 96.6 Å². The molecule has 7 nitrogen and oxygen atoms in total. The first kappa shape index (κ1) is 13.8. The van der Waals surface area contributed by atoms with Crippen LogP contribution in [0.5, 0.6) is 0 Å². The van der Waals surface area contributed by atoms with Gasteiger partial charge in [-0.2, -0.15) is 4.31 Å². The molecule has 0 atom stereocenters. The van der Waals surface area contributed by atoms with Gasteiger partial charge in [0.2, 0.25) is 10.0 Å². The minimum atomic E-state index is -3.19. The highest BCUT2D eigenvalue weighted by atomic mass is 32.2.